The molecule has 2 aromatic carbocycles. The summed E-state index contributed by atoms with van der Waals surface area (Å²) in [6, 6.07) is 19.9. The molecule has 3 aromatic rings. The molecular weight excluding hydrogens is 438 g/mol. The van der Waals surface area contributed by atoms with Gasteiger partial charge in [-0.1, -0.05) is 61.9 Å². The lowest BCUT2D eigenvalue weighted by molar-refractivity contribution is 0.0786. The van der Waals surface area contributed by atoms with Gasteiger partial charge >= 0.3 is 0 Å². The first kappa shape index (κ1) is 24.6. The summed E-state index contributed by atoms with van der Waals surface area (Å²) in [4.78, 5) is 33.4. The predicted molar refractivity (Wildman–Crippen MR) is 141 cm³/mol. The van der Waals surface area contributed by atoms with Crippen LogP contribution in [0, 0.1) is 0 Å². The SMILES string of the molecule is CCCCc1[nH]c(=O)c(C(=O)N2CCC(c3ccccc3)C2)c(O)c1N(c1ccccc1)C(C)C. The number of nitrogens with one attached hydrogen (secondary N) is 1. The number of aryl methyl sites for hydroxylation is 1. The summed E-state index contributed by atoms with van der Waals surface area (Å²) in [6.45, 7) is 7.24. The van der Waals surface area contributed by atoms with Gasteiger partial charge in [-0.3, -0.25) is 9.59 Å². The van der Waals surface area contributed by atoms with E-state index in [1.165, 1.54) is 5.56 Å². The van der Waals surface area contributed by atoms with Crippen molar-refractivity contribution in [2.75, 3.05) is 18.0 Å². The number of unbranched alkanes of at least 4 members (excludes halogenated alkanes) is 1. The van der Waals surface area contributed by atoms with Gasteiger partial charge in [0.1, 0.15) is 11.3 Å². The number of rotatable bonds is 8. The van der Waals surface area contributed by atoms with E-state index in [4.69, 9.17) is 0 Å². The number of carbonyl (C=O) groups excluding carboxylic acids is 1. The molecule has 0 bridgehead atoms. The number of aromatic hydroxyl groups is 1. The van der Waals surface area contributed by atoms with Crippen LogP contribution in [-0.2, 0) is 6.42 Å². The molecule has 1 amide bonds. The standard InChI is InChI=1S/C29H35N3O3/c1-4-5-16-24-26(32(20(2)3)23-14-10-7-11-15-23)27(33)25(28(34)30-24)29(35)31-18-17-22(19-31)21-12-8-6-9-13-21/h6-15,20,22H,4-5,16-19H2,1-3H3,(H2,30,33,34). The monoisotopic (exact) mass is 473 g/mol. The van der Waals surface area contributed by atoms with Crippen LogP contribution in [0.3, 0.4) is 0 Å². The van der Waals surface area contributed by atoms with Crippen molar-refractivity contribution < 1.29 is 9.90 Å². The molecule has 35 heavy (non-hydrogen) atoms. The number of aromatic amines is 1. The predicted octanol–water partition coefficient (Wildman–Crippen LogP) is 5.60. The second-order valence-electron chi connectivity index (χ2n) is 9.56. The van der Waals surface area contributed by atoms with Crippen molar-refractivity contribution in [3.05, 3.63) is 87.8 Å². The number of para-hydroxylation sites is 1. The van der Waals surface area contributed by atoms with Gasteiger partial charge in [0, 0.05) is 36.4 Å². The first-order valence-electron chi connectivity index (χ1n) is 12.6. The molecular formula is C29H35N3O3. The van der Waals surface area contributed by atoms with Crippen LogP contribution in [-0.4, -0.2) is 40.0 Å². The van der Waals surface area contributed by atoms with Gasteiger partial charge in [-0.05, 0) is 50.8 Å². The molecule has 2 N–H and O–H groups in total. The Morgan fingerprint density at radius 1 is 1.11 bits per heavy atom. The molecule has 1 unspecified atom stereocenters. The Balaban J connectivity index is 1.76. The minimum Gasteiger partial charge on any atom is -0.505 e. The van der Waals surface area contributed by atoms with E-state index in [0.717, 1.165) is 24.9 Å². The normalized spacial score (nSPS) is 15.5. The lowest BCUT2D eigenvalue weighted by atomic mass is 9.99. The van der Waals surface area contributed by atoms with Crippen molar-refractivity contribution in [2.45, 2.75) is 58.4 Å². The first-order valence-corrected chi connectivity index (χ1v) is 12.6. The second kappa shape index (κ2) is 10.8. The maximum Gasteiger partial charge on any atom is 0.264 e. The van der Waals surface area contributed by atoms with Crippen LogP contribution in [0.5, 0.6) is 5.75 Å². The molecule has 1 fully saturated rings. The zero-order valence-electron chi connectivity index (χ0n) is 20.8. The Hall–Kier alpha value is -3.54. The van der Waals surface area contributed by atoms with E-state index in [0.29, 0.717) is 30.9 Å². The highest BCUT2D eigenvalue weighted by atomic mass is 16.3. The highest BCUT2D eigenvalue weighted by Crippen LogP contribution is 2.39. The molecule has 1 aliphatic heterocycles. The molecule has 0 saturated carbocycles. The van der Waals surface area contributed by atoms with Crippen molar-refractivity contribution in [2.24, 2.45) is 0 Å². The van der Waals surface area contributed by atoms with Crippen molar-refractivity contribution >= 4 is 17.3 Å². The van der Waals surface area contributed by atoms with Crippen LogP contribution >= 0.6 is 0 Å². The lowest BCUT2D eigenvalue weighted by Gasteiger charge is -2.32. The van der Waals surface area contributed by atoms with Crippen LogP contribution in [0.1, 0.15) is 67.6 Å². The molecule has 1 atom stereocenters. The van der Waals surface area contributed by atoms with Crippen LogP contribution in [0.4, 0.5) is 11.4 Å². The molecule has 2 heterocycles. The number of benzene rings is 2. The van der Waals surface area contributed by atoms with E-state index >= 15 is 0 Å². The highest BCUT2D eigenvalue weighted by Gasteiger charge is 2.33. The molecule has 0 radical (unpaired) electrons. The molecule has 1 saturated heterocycles. The zero-order chi connectivity index (χ0) is 24.9. The number of anilines is 2. The Morgan fingerprint density at radius 3 is 2.40 bits per heavy atom. The average molecular weight is 474 g/mol. The zero-order valence-corrected chi connectivity index (χ0v) is 20.8. The average Bonchev–Trinajstić information content (AvgIpc) is 3.36. The Bertz CT molecular complexity index is 1210. The number of pyridine rings is 1. The fourth-order valence-corrected chi connectivity index (χ4v) is 4.99. The van der Waals surface area contributed by atoms with Crippen molar-refractivity contribution in [1.82, 2.24) is 9.88 Å². The molecule has 6 heteroatoms. The number of hydrogen-bond donors (Lipinski definition) is 2. The summed E-state index contributed by atoms with van der Waals surface area (Å²) < 4.78 is 0. The molecule has 1 aliphatic rings. The number of aromatic nitrogens is 1. The third kappa shape index (κ3) is 5.11. The summed E-state index contributed by atoms with van der Waals surface area (Å²) >= 11 is 0. The van der Waals surface area contributed by atoms with E-state index in [-0.39, 0.29) is 23.3 Å². The maximum atomic E-state index is 13.6. The molecule has 6 nitrogen and oxygen atoms in total. The topological polar surface area (TPSA) is 76.6 Å². The summed E-state index contributed by atoms with van der Waals surface area (Å²) in [5.41, 5.74) is 2.56. The summed E-state index contributed by atoms with van der Waals surface area (Å²) in [5.74, 6) is -0.422. The van der Waals surface area contributed by atoms with E-state index in [1.807, 2.05) is 67.3 Å². The van der Waals surface area contributed by atoms with Gasteiger partial charge < -0.3 is 19.9 Å². The summed E-state index contributed by atoms with van der Waals surface area (Å²) in [7, 11) is 0. The number of amides is 1. The van der Waals surface area contributed by atoms with Crippen LogP contribution < -0.4 is 10.5 Å². The second-order valence-corrected chi connectivity index (χ2v) is 9.56. The van der Waals surface area contributed by atoms with Gasteiger partial charge in [0.05, 0.1) is 0 Å². The van der Waals surface area contributed by atoms with Crippen molar-refractivity contribution in [3.63, 3.8) is 0 Å². The van der Waals surface area contributed by atoms with Gasteiger partial charge in [0.2, 0.25) is 0 Å². The Kier molecular flexibility index (Phi) is 7.59. The molecule has 1 aromatic heterocycles. The number of carbonyl (C=O) groups is 1. The van der Waals surface area contributed by atoms with Gasteiger partial charge in [-0.25, -0.2) is 0 Å². The molecule has 0 aliphatic carbocycles. The minimum atomic E-state index is -0.526. The number of hydrogen-bond acceptors (Lipinski definition) is 4. The third-order valence-corrected chi connectivity index (χ3v) is 6.77. The van der Waals surface area contributed by atoms with Crippen LogP contribution in [0.2, 0.25) is 0 Å². The summed E-state index contributed by atoms with van der Waals surface area (Å²) in [6.07, 6.45) is 3.25. The lowest BCUT2D eigenvalue weighted by Crippen LogP contribution is -2.35. The van der Waals surface area contributed by atoms with Gasteiger partial charge in [0.25, 0.3) is 11.5 Å². The number of likely N-dealkylation sites (tertiary alicyclic amines) is 1. The first-order chi connectivity index (χ1) is 16.9. The quantitative estimate of drug-likeness (QED) is 0.447. The van der Waals surface area contributed by atoms with Crippen LogP contribution in [0.15, 0.2) is 65.5 Å². The number of nitrogens with zero attached hydrogens (tertiary/aromatic N) is 2. The smallest absolute Gasteiger partial charge is 0.264 e. The molecule has 4 rings (SSSR count). The summed E-state index contributed by atoms with van der Waals surface area (Å²) in [5, 5.41) is 11.5. The van der Waals surface area contributed by atoms with E-state index in [9.17, 15) is 14.7 Å². The molecule has 0 spiro atoms. The van der Waals surface area contributed by atoms with E-state index in [1.54, 1.807) is 4.90 Å². The van der Waals surface area contributed by atoms with Gasteiger partial charge in [-0.2, -0.15) is 0 Å². The fourth-order valence-electron chi connectivity index (χ4n) is 4.99. The van der Waals surface area contributed by atoms with E-state index in [2.05, 4.69) is 24.0 Å². The van der Waals surface area contributed by atoms with Gasteiger partial charge in [0.15, 0.2) is 5.75 Å². The minimum absolute atomic E-state index is 0.00761. The van der Waals surface area contributed by atoms with E-state index < -0.39 is 11.5 Å². The van der Waals surface area contributed by atoms with Crippen molar-refractivity contribution in [1.29, 1.82) is 0 Å². The Morgan fingerprint density at radius 2 is 1.77 bits per heavy atom. The Labute approximate surface area is 207 Å². The maximum absolute atomic E-state index is 13.6. The highest BCUT2D eigenvalue weighted by molar-refractivity contribution is 5.99. The van der Waals surface area contributed by atoms with Gasteiger partial charge in [-0.15, -0.1) is 0 Å². The third-order valence-electron chi connectivity index (χ3n) is 6.77. The fraction of sp³-hybridized carbons (Fsp3) is 0.379. The van der Waals surface area contributed by atoms with Crippen molar-refractivity contribution in [3.8, 4) is 5.75 Å². The molecule has 184 valence electrons. The van der Waals surface area contributed by atoms with Crippen LogP contribution in [0.25, 0.3) is 0 Å². The largest absolute Gasteiger partial charge is 0.505 e. The number of H-pyrrole nitrogens is 1.